The summed E-state index contributed by atoms with van der Waals surface area (Å²) in [4.78, 5) is 4.06. The molecule has 8 nitrogen and oxygen atoms in total. The maximum Gasteiger partial charge on any atom is 0.332 e. The molecule has 0 atom stereocenters. The molecule has 0 spiro atoms. The van der Waals surface area contributed by atoms with Crippen LogP contribution in [0.4, 0.5) is 8.78 Å². The van der Waals surface area contributed by atoms with Crippen molar-refractivity contribution in [3.05, 3.63) is 88.3 Å². The maximum absolute atomic E-state index is 15.6. The van der Waals surface area contributed by atoms with E-state index in [2.05, 4.69) is 15.2 Å². The van der Waals surface area contributed by atoms with Gasteiger partial charge in [-0.1, -0.05) is 41.9 Å². The Morgan fingerprint density at radius 1 is 1.20 bits per heavy atom. The molecule has 182 valence electrons. The lowest BCUT2D eigenvalue weighted by Crippen LogP contribution is -2.46. The molecule has 2 aromatic heterocycles. The Hall–Kier alpha value is -3.76. The van der Waals surface area contributed by atoms with Crippen LogP contribution in [-0.2, 0) is 19.0 Å². The summed E-state index contributed by atoms with van der Waals surface area (Å²) in [5, 5.41) is 9.75. The Morgan fingerprint density at radius 2 is 1.94 bits per heavy atom. The van der Waals surface area contributed by atoms with Gasteiger partial charge in [0.05, 0.1) is 31.4 Å². The molecule has 0 aliphatic carbocycles. The van der Waals surface area contributed by atoms with Gasteiger partial charge in [0.2, 0.25) is 5.84 Å². The Labute approximate surface area is 205 Å². The van der Waals surface area contributed by atoms with E-state index in [1.807, 2.05) is 6.92 Å². The first-order chi connectivity index (χ1) is 16.7. The highest BCUT2D eigenvalue weighted by atomic mass is 35.5. The molecule has 35 heavy (non-hydrogen) atoms. The number of rotatable bonds is 7. The Morgan fingerprint density at radius 3 is 2.60 bits per heavy atom. The van der Waals surface area contributed by atoms with Crippen molar-refractivity contribution in [2.45, 2.75) is 25.9 Å². The Kier molecular flexibility index (Phi) is 6.86. The predicted octanol–water partition coefficient (Wildman–Crippen LogP) is 4.19. The molecule has 0 saturated carbocycles. The molecule has 0 saturated heterocycles. The van der Waals surface area contributed by atoms with Gasteiger partial charge in [-0.2, -0.15) is 19.0 Å². The second kappa shape index (κ2) is 9.85. The van der Waals surface area contributed by atoms with Crippen LogP contribution in [-0.4, -0.2) is 32.7 Å². The average molecular weight is 500 g/mol. The van der Waals surface area contributed by atoms with Crippen LogP contribution in [0, 0.1) is 6.92 Å². The first-order valence-electron chi connectivity index (χ1n) is 10.6. The number of nitrogens with zero attached hydrogens (tertiary/aromatic N) is 5. The largest absolute Gasteiger partial charge is 0.497 e. The minimum Gasteiger partial charge on any atom is -0.497 e. The van der Waals surface area contributed by atoms with E-state index in [0.717, 1.165) is 10.4 Å². The molecular formula is C24H24ClF2N7O. The second-order valence-electron chi connectivity index (χ2n) is 7.93. The number of halogens is 3. The zero-order valence-corrected chi connectivity index (χ0v) is 19.9. The molecule has 0 aliphatic heterocycles. The van der Waals surface area contributed by atoms with Gasteiger partial charge >= 0.3 is 5.92 Å². The summed E-state index contributed by atoms with van der Waals surface area (Å²) in [7, 11) is 1.54. The lowest BCUT2D eigenvalue weighted by atomic mass is 10.0. The van der Waals surface area contributed by atoms with E-state index in [1.165, 1.54) is 12.1 Å². The number of hydrogen-bond donors (Lipinski definition) is 2. The minimum absolute atomic E-state index is 0.0333. The van der Waals surface area contributed by atoms with Crippen molar-refractivity contribution in [1.29, 1.82) is 0 Å². The van der Waals surface area contributed by atoms with Gasteiger partial charge in [0.25, 0.3) is 0 Å². The number of pyridine rings is 1. The van der Waals surface area contributed by atoms with Gasteiger partial charge in [0, 0.05) is 22.7 Å². The van der Waals surface area contributed by atoms with Crippen LogP contribution in [0.15, 0.2) is 65.9 Å². The van der Waals surface area contributed by atoms with E-state index in [4.69, 9.17) is 28.0 Å². The van der Waals surface area contributed by atoms with Crippen LogP contribution in [0.1, 0.15) is 22.4 Å². The number of nitrogens with two attached hydrogens (primary N) is 2. The van der Waals surface area contributed by atoms with E-state index >= 15 is 8.78 Å². The summed E-state index contributed by atoms with van der Waals surface area (Å²) in [6.45, 7) is 2.05. The van der Waals surface area contributed by atoms with Crippen LogP contribution >= 0.6 is 11.6 Å². The zero-order valence-electron chi connectivity index (χ0n) is 19.1. The molecule has 0 bridgehead atoms. The van der Waals surface area contributed by atoms with Crippen LogP contribution in [0.5, 0.6) is 5.75 Å². The van der Waals surface area contributed by atoms with Crippen LogP contribution in [0.3, 0.4) is 0 Å². The van der Waals surface area contributed by atoms with E-state index in [9.17, 15) is 0 Å². The number of aryl methyl sites for hydroxylation is 1. The average Bonchev–Trinajstić information content (AvgIpc) is 3.16. The molecule has 4 rings (SSSR count). The first kappa shape index (κ1) is 24.4. The van der Waals surface area contributed by atoms with Crippen molar-refractivity contribution in [1.82, 2.24) is 19.8 Å². The highest BCUT2D eigenvalue weighted by Crippen LogP contribution is 2.34. The third kappa shape index (κ3) is 4.89. The van der Waals surface area contributed by atoms with Crippen molar-refractivity contribution < 1.29 is 13.5 Å². The van der Waals surface area contributed by atoms with Crippen LogP contribution in [0.25, 0.3) is 10.9 Å². The monoisotopic (exact) mass is 499 g/mol. The predicted molar refractivity (Wildman–Crippen MR) is 131 cm³/mol. The fourth-order valence-corrected chi connectivity index (χ4v) is 4.00. The summed E-state index contributed by atoms with van der Waals surface area (Å²) in [6.07, 6.45) is 1.58. The third-order valence-electron chi connectivity index (χ3n) is 5.64. The minimum atomic E-state index is -3.57. The summed E-state index contributed by atoms with van der Waals surface area (Å²) >= 11 is 6.19. The SMILES string of the molecule is COc1ccc(CN(N)/C(=N\N)C(F)(F)c2ccc3c(C)nn(Cc4cccnc4Cl)c3c2)cc1. The third-order valence-corrected chi connectivity index (χ3v) is 5.98. The maximum atomic E-state index is 15.6. The van der Waals surface area contributed by atoms with Crippen molar-refractivity contribution in [2.75, 3.05) is 7.11 Å². The fourth-order valence-electron chi connectivity index (χ4n) is 3.82. The van der Waals surface area contributed by atoms with E-state index < -0.39 is 11.8 Å². The van der Waals surface area contributed by atoms with Gasteiger partial charge in [-0.05, 0) is 36.8 Å². The number of aromatic nitrogens is 3. The van der Waals surface area contributed by atoms with Crippen LogP contribution in [0.2, 0.25) is 5.15 Å². The fraction of sp³-hybridized carbons (Fsp3) is 0.208. The van der Waals surface area contributed by atoms with Gasteiger partial charge in [0.1, 0.15) is 10.9 Å². The van der Waals surface area contributed by atoms with Gasteiger partial charge in [-0.3, -0.25) is 9.69 Å². The molecule has 2 aromatic carbocycles. The molecule has 4 aromatic rings. The molecule has 0 amide bonds. The molecule has 4 N–H and O–H groups in total. The topological polar surface area (TPSA) is 108 Å². The van der Waals surface area contributed by atoms with Crippen molar-refractivity contribution in [2.24, 2.45) is 16.8 Å². The standard InChI is InChI=1S/C24H24ClF2N7O/c1-15-20-10-7-18(12-21(20)34(32-15)14-17-4-3-11-30-22(17)25)24(26,27)23(31-28)33(29)13-16-5-8-19(35-2)9-6-16/h3-12H,13-14,28-29H2,1-2H3/b31-23-. The second-order valence-corrected chi connectivity index (χ2v) is 8.29. The number of fused-ring (bicyclic) bond motifs is 1. The molecule has 0 aliphatic rings. The first-order valence-corrected chi connectivity index (χ1v) is 11.0. The van der Waals surface area contributed by atoms with Gasteiger partial charge in [0.15, 0.2) is 0 Å². The number of ether oxygens (including phenoxy) is 1. The number of benzene rings is 2. The van der Waals surface area contributed by atoms with Gasteiger partial charge < -0.3 is 10.6 Å². The lowest BCUT2D eigenvalue weighted by molar-refractivity contribution is 0.0584. The summed E-state index contributed by atoms with van der Waals surface area (Å²) in [5.74, 6) is 7.68. The number of amidine groups is 1. The summed E-state index contributed by atoms with van der Waals surface area (Å²) in [5.41, 5.74) is 2.28. The van der Waals surface area contributed by atoms with Crippen molar-refractivity contribution in [3.63, 3.8) is 0 Å². The smallest absolute Gasteiger partial charge is 0.332 e. The summed E-state index contributed by atoms with van der Waals surface area (Å²) in [6, 6.07) is 14.7. The highest BCUT2D eigenvalue weighted by Gasteiger charge is 2.42. The zero-order chi connectivity index (χ0) is 25.2. The Bertz CT molecular complexity index is 1370. The molecule has 2 heterocycles. The molecule has 0 fully saturated rings. The van der Waals surface area contributed by atoms with Gasteiger partial charge in [-0.25, -0.2) is 10.8 Å². The van der Waals surface area contributed by atoms with E-state index in [-0.39, 0.29) is 18.7 Å². The number of hydrogen-bond acceptors (Lipinski definition) is 6. The molecule has 0 unspecified atom stereocenters. The van der Waals surface area contributed by atoms with Crippen molar-refractivity contribution >= 4 is 28.3 Å². The normalized spacial score (nSPS) is 12.2. The number of hydrazone groups is 1. The molecule has 0 radical (unpaired) electrons. The Balaban J connectivity index is 1.66. The number of alkyl halides is 2. The van der Waals surface area contributed by atoms with Crippen LogP contribution < -0.4 is 16.4 Å². The van der Waals surface area contributed by atoms with Gasteiger partial charge in [-0.15, -0.1) is 0 Å². The number of methoxy groups -OCH3 is 1. The lowest BCUT2D eigenvalue weighted by Gasteiger charge is -2.26. The molecule has 11 heteroatoms. The summed E-state index contributed by atoms with van der Waals surface area (Å²) < 4.78 is 38.0. The van der Waals surface area contributed by atoms with Crippen molar-refractivity contribution in [3.8, 4) is 5.75 Å². The van der Waals surface area contributed by atoms with E-state index in [1.54, 1.807) is 60.5 Å². The highest BCUT2D eigenvalue weighted by molar-refractivity contribution is 6.30. The quantitative estimate of drug-likeness (QED) is 0.130. The van der Waals surface area contributed by atoms with E-state index in [0.29, 0.717) is 33.2 Å². The number of hydrazine groups is 1. The molecular weight excluding hydrogens is 476 g/mol.